The molecule has 0 spiro atoms. The van der Waals surface area contributed by atoms with Gasteiger partial charge in [0.15, 0.2) is 5.76 Å². The summed E-state index contributed by atoms with van der Waals surface area (Å²) in [5, 5.41) is 3.65. The first-order chi connectivity index (χ1) is 12.9. The summed E-state index contributed by atoms with van der Waals surface area (Å²) in [6, 6.07) is 10.2. The lowest BCUT2D eigenvalue weighted by Crippen LogP contribution is -2.50. The topological polar surface area (TPSA) is 95.8 Å². The summed E-state index contributed by atoms with van der Waals surface area (Å²) in [4.78, 5) is 16.4. The average molecular weight is 392 g/mol. The largest absolute Gasteiger partial charge is 0.360 e. The molecule has 0 saturated carbocycles. The molecule has 1 aromatic carbocycles. The second-order valence-corrected chi connectivity index (χ2v) is 8.32. The van der Waals surface area contributed by atoms with Crippen LogP contribution in [0.1, 0.15) is 17.0 Å². The fourth-order valence-electron chi connectivity index (χ4n) is 3.20. The molecule has 1 aromatic heterocycles. The van der Waals surface area contributed by atoms with Crippen LogP contribution >= 0.6 is 0 Å². The smallest absolute Gasteiger partial charge is 0.246 e. The van der Waals surface area contributed by atoms with Crippen LogP contribution in [0.3, 0.4) is 0 Å². The van der Waals surface area contributed by atoms with Gasteiger partial charge in [-0.1, -0.05) is 35.5 Å². The molecule has 8 nitrogen and oxygen atoms in total. The van der Waals surface area contributed by atoms with Gasteiger partial charge in [-0.2, -0.15) is 0 Å². The number of nitrogens with one attached hydrogen (secondary N) is 1. The lowest BCUT2D eigenvalue weighted by atomic mass is 10.2. The van der Waals surface area contributed by atoms with Gasteiger partial charge < -0.3 is 9.42 Å². The predicted molar refractivity (Wildman–Crippen MR) is 99.5 cm³/mol. The number of hydrogen-bond donors (Lipinski definition) is 1. The first kappa shape index (κ1) is 19.5. The molecule has 1 aliphatic heterocycles. The summed E-state index contributed by atoms with van der Waals surface area (Å²) in [5.41, 5.74) is 1.52. The maximum atomic E-state index is 12.4. The number of rotatable bonds is 6. The highest BCUT2D eigenvalue weighted by atomic mass is 32.2. The summed E-state index contributed by atoms with van der Waals surface area (Å²) in [6.45, 7) is 6.35. The van der Waals surface area contributed by atoms with Gasteiger partial charge in [0.05, 0.1) is 6.54 Å². The van der Waals surface area contributed by atoms with E-state index in [1.54, 1.807) is 11.8 Å². The second-order valence-electron chi connectivity index (χ2n) is 6.62. The molecule has 2 aromatic rings. The Morgan fingerprint density at radius 2 is 1.81 bits per heavy atom. The third kappa shape index (κ3) is 4.74. The lowest BCUT2D eigenvalue weighted by Gasteiger charge is -2.34. The van der Waals surface area contributed by atoms with Gasteiger partial charge in [-0.3, -0.25) is 9.69 Å². The molecule has 1 fully saturated rings. The highest BCUT2D eigenvalue weighted by Crippen LogP contribution is 2.18. The monoisotopic (exact) mass is 392 g/mol. The first-order valence-corrected chi connectivity index (χ1v) is 10.3. The molecular weight excluding hydrogens is 368 g/mol. The highest BCUT2D eigenvalue weighted by Gasteiger charge is 2.27. The normalized spacial score (nSPS) is 15.9. The van der Waals surface area contributed by atoms with Crippen LogP contribution in [0.5, 0.6) is 0 Å². The Kier molecular flexibility index (Phi) is 5.93. The van der Waals surface area contributed by atoms with Crippen LogP contribution in [0.25, 0.3) is 0 Å². The number of benzene rings is 1. The Morgan fingerprint density at radius 3 is 2.41 bits per heavy atom. The first-order valence-electron chi connectivity index (χ1n) is 8.83. The Bertz CT molecular complexity index is 868. The zero-order chi connectivity index (χ0) is 19.4. The van der Waals surface area contributed by atoms with E-state index in [2.05, 4.69) is 26.9 Å². The van der Waals surface area contributed by atoms with Gasteiger partial charge in [0.25, 0.3) is 0 Å². The number of aryl methyl sites for hydroxylation is 2. The van der Waals surface area contributed by atoms with E-state index in [-0.39, 0.29) is 28.8 Å². The predicted octanol–water partition coefficient (Wildman–Crippen LogP) is 0.914. The Hall–Kier alpha value is -2.23. The van der Waals surface area contributed by atoms with E-state index < -0.39 is 10.0 Å². The lowest BCUT2D eigenvalue weighted by molar-refractivity contribution is -0.131. The molecule has 1 aliphatic rings. The maximum absolute atomic E-state index is 12.4. The van der Waals surface area contributed by atoms with Crippen LogP contribution in [-0.2, 0) is 21.4 Å². The number of amides is 1. The molecule has 9 heteroatoms. The van der Waals surface area contributed by atoms with Crippen molar-refractivity contribution in [2.75, 3.05) is 32.7 Å². The van der Waals surface area contributed by atoms with E-state index in [0.29, 0.717) is 13.1 Å². The standard InChI is InChI=1S/C18H24N4O4S/c1-14-18(15(2)26-20-14)27(24,25)19-12-17(23)22-10-8-21(9-11-22)13-16-6-4-3-5-7-16/h3-7,19H,8-13H2,1-2H3. The minimum absolute atomic E-state index is 0.00276. The highest BCUT2D eigenvalue weighted by molar-refractivity contribution is 7.89. The van der Waals surface area contributed by atoms with E-state index in [1.807, 2.05) is 18.2 Å². The minimum atomic E-state index is -3.83. The maximum Gasteiger partial charge on any atom is 0.246 e. The molecule has 146 valence electrons. The number of nitrogens with zero attached hydrogens (tertiary/aromatic N) is 3. The molecule has 27 heavy (non-hydrogen) atoms. The summed E-state index contributed by atoms with van der Waals surface area (Å²) in [7, 11) is -3.83. The molecule has 0 aliphatic carbocycles. The molecule has 0 bridgehead atoms. The third-order valence-electron chi connectivity index (χ3n) is 4.62. The van der Waals surface area contributed by atoms with Crippen molar-refractivity contribution in [1.29, 1.82) is 0 Å². The number of aromatic nitrogens is 1. The SMILES string of the molecule is Cc1noc(C)c1S(=O)(=O)NCC(=O)N1CCN(Cc2ccccc2)CC1. The van der Waals surface area contributed by atoms with Crippen LogP contribution in [0, 0.1) is 13.8 Å². The van der Waals surface area contributed by atoms with Crippen molar-refractivity contribution in [2.45, 2.75) is 25.3 Å². The van der Waals surface area contributed by atoms with E-state index >= 15 is 0 Å². The fourth-order valence-corrected chi connectivity index (χ4v) is 4.50. The molecule has 1 N–H and O–H groups in total. The van der Waals surface area contributed by atoms with E-state index in [0.717, 1.165) is 19.6 Å². The van der Waals surface area contributed by atoms with Crippen LogP contribution in [-0.4, -0.2) is 62.0 Å². The van der Waals surface area contributed by atoms with Crippen LogP contribution in [0.2, 0.25) is 0 Å². The van der Waals surface area contributed by atoms with Crippen molar-refractivity contribution in [1.82, 2.24) is 19.7 Å². The number of carbonyl (C=O) groups excluding carboxylic acids is 1. The zero-order valence-electron chi connectivity index (χ0n) is 15.5. The van der Waals surface area contributed by atoms with Gasteiger partial charge in [-0.15, -0.1) is 0 Å². The summed E-state index contributed by atoms with van der Waals surface area (Å²) in [6.07, 6.45) is 0. The Labute approximate surface area is 159 Å². The van der Waals surface area contributed by atoms with E-state index in [9.17, 15) is 13.2 Å². The number of sulfonamides is 1. The van der Waals surface area contributed by atoms with Crippen LogP contribution in [0.15, 0.2) is 39.8 Å². The summed E-state index contributed by atoms with van der Waals surface area (Å²) < 4.78 is 32.0. The minimum Gasteiger partial charge on any atom is -0.360 e. The molecule has 2 heterocycles. The molecule has 0 unspecified atom stereocenters. The van der Waals surface area contributed by atoms with Crippen molar-refractivity contribution < 1.29 is 17.7 Å². The van der Waals surface area contributed by atoms with Crippen molar-refractivity contribution in [3.63, 3.8) is 0 Å². The van der Waals surface area contributed by atoms with Crippen LogP contribution < -0.4 is 4.72 Å². The number of carbonyl (C=O) groups is 1. The Balaban J connectivity index is 1.50. The average Bonchev–Trinajstić information content (AvgIpc) is 3.00. The number of piperazine rings is 1. The third-order valence-corrected chi connectivity index (χ3v) is 6.27. The molecule has 1 amide bonds. The van der Waals surface area contributed by atoms with Gasteiger partial charge in [-0.05, 0) is 19.4 Å². The van der Waals surface area contributed by atoms with Gasteiger partial charge in [0, 0.05) is 32.7 Å². The van der Waals surface area contributed by atoms with Gasteiger partial charge in [0.2, 0.25) is 15.9 Å². The fraction of sp³-hybridized carbons (Fsp3) is 0.444. The second kappa shape index (κ2) is 8.20. The Morgan fingerprint density at radius 1 is 1.15 bits per heavy atom. The molecule has 3 rings (SSSR count). The zero-order valence-corrected chi connectivity index (χ0v) is 16.3. The van der Waals surface area contributed by atoms with Gasteiger partial charge in [0.1, 0.15) is 10.6 Å². The summed E-state index contributed by atoms with van der Waals surface area (Å²) in [5.74, 6) is -0.0216. The summed E-state index contributed by atoms with van der Waals surface area (Å²) >= 11 is 0. The van der Waals surface area contributed by atoms with Gasteiger partial charge in [-0.25, -0.2) is 13.1 Å². The van der Waals surface area contributed by atoms with Crippen molar-refractivity contribution >= 4 is 15.9 Å². The van der Waals surface area contributed by atoms with Gasteiger partial charge >= 0.3 is 0 Å². The quantitative estimate of drug-likeness (QED) is 0.785. The molecule has 0 atom stereocenters. The van der Waals surface area contributed by atoms with E-state index in [4.69, 9.17) is 4.52 Å². The van der Waals surface area contributed by atoms with Crippen molar-refractivity contribution in [3.05, 3.63) is 47.3 Å². The molecule has 0 radical (unpaired) electrons. The number of hydrogen-bond acceptors (Lipinski definition) is 6. The van der Waals surface area contributed by atoms with Crippen molar-refractivity contribution in [3.8, 4) is 0 Å². The molecule has 1 saturated heterocycles. The van der Waals surface area contributed by atoms with Crippen molar-refractivity contribution in [2.24, 2.45) is 0 Å². The molecular formula is C18H24N4O4S. The van der Waals surface area contributed by atoms with Crippen LogP contribution in [0.4, 0.5) is 0 Å². The van der Waals surface area contributed by atoms with E-state index in [1.165, 1.54) is 12.5 Å².